The Morgan fingerprint density at radius 3 is 1.12 bits per heavy atom. The van der Waals surface area contributed by atoms with Gasteiger partial charge in [0.1, 0.15) is 25.4 Å². The number of unbranched alkanes of at least 4 members (excludes halogenated alkanes) is 3. The molecule has 382 valence electrons. The minimum Gasteiger partial charge on any atom is -0.463 e. The Balaban J connectivity index is 3.07. The average Bonchev–Trinajstić information content (AvgIpc) is 3.31. The topological polar surface area (TPSA) is 199 Å². The molecule has 1 heterocycles. The number of hydrogen-bond donors (Lipinski definition) is 4. The van der Waals surface area contributed by atoms with Gasteiger partial charge in [-0.05, 0) is 82.2 Å². The molecule has 0 bridgehead atoms. The molecule has 3 unspecified atom stereocenters. The van der Waals surface area contributed by atoms with E-state index >= 15 is 0 Å². The molecule has 4 amide bonds. The maximum atomic E-state index is 13.7. The van der Waals surface area contributed by atoms with Crippen molar-refractivity contribution in [2.45, 2.75) is 208 Å². The number of piperidine rings is 1. The molecule has 0 aromatic carbocycles. The van der Waals surface area contributed by atoms with Gasteiger partial charge in [-0.25, -0.2) is 0 Å². The molecule has 0 radical (unpaired) electrons. The van der Waals surface area contributed by atoms with Crippen LogP contribution < -0.4 is 21.3 Å². The van der Waals surface area contributed by atoms with E-state index in [9.17, 15) is 33.6 Å². The van der Waals surface area contributed by atoms with Crippen LogP contribution in [0.5, 0.6) is 0 Å². The molecule has 66 heavy (non-hydrogen) atoms. The summed E-state index contributed by atoms with van der Waals surface area (Å²) in [6.45, 7) is 15.4. The average molecular weight is 936 g/mol. The van der Waals surface area contributed by atoms with Crippen LogP contribution in [0.2, 0.25) is 0 Å². The fourth-order valence-corrected chi connectivity index (χ4v) is 7.96. The molecule has 0 aromatic heterocycles. The van der Waals surface area contributed by atoms with E-state index in [0.29, 0.717) is 43.9 Å². The van der Waals surface area contributed by atoms with Crippen LogP contribution in [0.4, 0.5) is 0 Å². The van der Waals surface area contributed by atoms with E-state index in [1.807, 2.05) is 0 Å². The van der Waals surface area contributed by atoms with Crippen molar-refractivity contribution in [3.63, 3.8) is 0 Å². The van der Waals surface area contributed by atoms with Gasteiger partial charge in [0, 0.05) is 71.1 Å². The third-order valence-electron chi connectivity index (χ3n) is 12.8. The summed E-state index contributed by atoms with van der Waals surface area (Å²) in [4.78, 5) is 93.2. The normalized spacial score (nSPS) is 15.1. The third-order valence-corrected chi connectivity index (χ3v) is 12.8. The van der Waals surface area contributed by atoms with Crippen LogP contribution >= 0.6 is 0 Å². The summed E-state index contributed by atoms with van der Waals surface area (Å²) < 4.78 is 17.1. The van der Waals surface area contributed by atoms with E-state index in [0.717, 1.165) is 109 Å². The van der Waals surface area contributed by atoms with Crippen molar-refractivity contribution in [1.82, 2.24) is 26.2 Å². The number of amides is 4. The molecule has 1 fully saturated rings. The maximum absolute atomic E-state index is 13.7. The van der Waals surface area contributed by atoms with Gasteiger partial charge < -0.3 is 40.4 Å². The van der Waals surface area contributed by atoms with Crippen LogP contribution in [0.25, 0.3) is 0 Å². The number of carbonyl (C=O) groups is 7. The Morgan fingerprint density at radius 2 is 0.803 bits per heavy atom. The number of rotatable bonds is 40. The van der Waals surface area contributed by atoms with Gasteiger partial charge in [0.2, 0.25) is 23.6 Å². The van der Waals surface area contributed by atoms with Crippen molar-refractivity contribution >= 4 is 41.5 Å². The fraction of sp³-hybridized carbons (Fsp3) is 0.863. The van der Waals surface area contributed by atoms with Gasteiger partial charge in [-0.15, -0.1) is 0 Å². The van der Waals surface area contributed by atoms with Crippen molar-refractivity contribution in [2.75, 3.05) is 59.1 Å². The van der Waals surface area contributed by atoms with Gasteiger partial charge in [-0.2, -0.15) is 0 Å². The molecule has 15 heteroatoms. The fourth-order valence-electron chi connectivity index (χ4n) is 7.96. The molecule has 0 aromatic rings. The van der Waals surface area contributed by atoms with E-state index in [-0.39, 0.29) is 81.9 Å². The zero-order valence-electron chi connectivity index (χ0n) is 42.3. The highest BCUT2D eigenvalue weighted by atomic mass is 16.6. The molecule has 1 saturated heterocycles. The van der Waals surface area contributed by atoms with Gasteiger partial charge in [0.15, 0.2) is 0 Å². The molecule has 1 rings (SSSR count). The van der Waals surface area contributed by atoms with Crippen LogP contribution in [-0.2, 0) is 47.8 Å². The Bertz CT molecular complexity index is 1240. The predicted octanol–water partition coefficient (Wildman–Crippen LogP) is 7.86. The SMILES string of the molecule is CCCCC(CC)CNC(=O)CCCC(=O)OCC(COC(=O)CCCC(=O)NCC(CC)CCCC)(COC(=O)CCCC(=O)NCC(CC)CCCC)NC(=O)CCN1CCCCC1. The summed E-state index contributed by atoms with van der Waals surface area (Å²) in [6.07, 6.45) is 16.9. The van der Waals surface area contributed by atoms with Crippen LogP contribution in [0, 0.1) is 17.8 Å². The van der Waals surface area contributed by atoms with Crippen molar-refractivity contribution in [3.8, 4) is 0 Å². The third kappa shape index (κ3) is 30.5. The van der Waals surface area contributed by atoms with Gasteiger partial charge in [0.25, 0.3) is 0 Å². The summed E-state index contributed by atoms with van der Waals surface area (Å²) in [5, 5.41) is 11.9. The summed E-state index contributed by atoms with van der Waals surface area (Å²) in [5.41, 5.74) is -1.64. The van der Waals surface area contributed by atoms with E-state index < -0.39 is 49.2 Å². The second kappa shape index (κ2) is 38.2. The monoisotopic (exact) mass is 936 g/mol. The minimum atomic E-state index is -1.64. The van der Waals surface area contributed by atoms with Gasteiger partial charge in [0.05, 0.1) is 0 Å². The maximum Gasteiger partial charge on any atom is 0.305 e. The van der Waals surface area contributed by atoms with Crippen molar-refractivity contribution < 1.29 is 47.8 Å². The Kier molecular flexibility index (Phi) is 34.9. The van der Waals surface area contributed by atoms with Crippen LogP contribution in [0.15, 0.2) is 0 Å². The zero-order chi connectivity index (χ0) is 48.8. The predicted molar refractivity (Wildman–Crippen MR) is 259 cm³/mol. The lowest BCUT2D eigenvalue weighted by Crippen LogP contribution is -2.59. The lowest BCUT2D eigenvalue weighted by molar-refractivity contribution is -0.159. The van der Waals surface area contributed by atoms with Crippen LogP contribution in [0.3, 0.4) is 0 Å². The standard InChI is InChI=1S/C51H93N5O10/c1-7-13-22-41(10-4)35-52-44(57)25-19-28-48(61)64-38-51(55-47(60)31-34-56-32-17-16-18-33-56,39-65-49(62)29-20-26-45(58)53-36-42(11-5)23-14-8-2)40-66-50(63)30-21-27-46(59)54-37-43(12-6)24-15-9-3/h41-43H,7-40H2,1-6H3,(H,52,57)(H,53,58)(H,54,59)(H,55,60). The number of nitrogens with one attached hydrogen (secondary N) is 4. The molecule has 15 nitrogen and oxygen atoms in total. The first-order valence-electron chi connectivity index (χ1n) is 26.1. The first-order chi connectivity index (χ1) is 31.8. The number of ether oxygens (including phenoxy) is 3. The van der Waals surface area contributed by atoms with E-state index in [1.54, 1.807) is 0 Å². The Hall–Kier alpha value is -3.75. The summed E-state index contributed by atoms with van der Waals surface area (Å²) in [5.74, 6) is -1.49. The summed E-state index contributed by atoms with van der Waals surface area (Å²) in [6, 6.07) is 0. The highest BCUT2D eigenvalue weighted by Crippen LogP contribution is 2.17. The number of nitrogens with zero attached hydrogens (tertiary/aromatic N) is 1. The molecule has 0 spiro atoms. The molecule has 1 aliphatic heterocycles. The molecule has 4 N–H and O–H groups in total. The quantitative estimate of drug-likeness (QED) is 0.0345. The van der Waals surface area contributed by atoms with Gasteiger partial charge in [-0.1, -0.05) is 106 Å². The molecule has 3 atom stereocenters. The van der Waals surface area contributed by atoms with Crippen molar-refractivity contribution in [3.05, 3.63) is 0 Å². The second-order valence-electron chi connectivity index (χ2n) is 18.7. The first kappa shape index (κ1) is 60.3. The summed E-state index contributed by atoms with van der Waals surface area (Å²) in [7, 11) is 0. The number of hydrogen-bond acceptors (Lipinski definition) is 11. The second-order valence-corrected chi connectivity index (χ2v) is 18.7. The molecular formula is C51H93N5O10. The Morgan fingerprint density at radius 1 is 0.455 bits per heavy atom. The van der Waals surface area contributed by atoms with E-state index in [4.69, 9.17) is 14.2 Å². The van der Waals surface area contributed by atoms with Crippen molar-refractivity contribution in [1.29, 1.82) is 0 Å². The minimum absolute atomic E-state index is 0.0711. The van der Waals surface area contributed by atoms with E-state index in [1.165, 1.54) is 0 Å². The summed E-state index contributed by atoms with van der Waals surface area (Å²) >= 11 is 0. The lowest BCUT2D eigenvalue weighted by atomic mass is 9.99. The largest absolute Gasteiger partial charge is 0.463 e. The number of carbonyl (C=O) groups excluding carboxylic acids is 7. The lowest BCUT2D eigenvalue weighted by Gasteiger charge is -2.34. The number of esters is 3. The zero-order valence-corrected chi connectivity index (χ0v) is 42.3. The highest BCUT2D eigenvalue weighted by Gasteiger charge is 2.38. The first-order valence-corrected chi connectivity index (χ1v) is 26.1. The molecule has 1 aliphatic rings. The highest BCUT2D eigenvalue weighted by molar-refractivity contribution is 5.79. The Labute approximate surface area is 398 Å². The van der Waals surface area contributed by atoms with E-state index in [2.05, 4.69) is 67.7 Å². The molecular weight excluding hydrogens is 843 g/mol. The van der Waals surface area contributed by atoms with Crippen molar-refractivity contribution in [2.24, 2.45) is 17.8 Å². The smallest absolute Gasteiger partial charge is 0.305 e. The molecule has 0 saturated carbocycles. The van der Waals surface area contributed by atoms with Crippen LogP contribution in [0.1, 0.15) is 202 Å². The van der Waals surface area contributed by atoms with Gasteiger partial charge in [-0.3, -0.25) is 33.6 Å². The molecule has 0 aliphatic carbocycles. The van der Waals surface area contributed by atoms with Crippen LogP contribution in [-0.4, -0.2) is 111 Å². The number of likely N-dealkylation sites (tertiary alicyclic amines) is 1. The van der Waals surface area contributed by atoms with Gasteiger partial charge >= 0.3 is 17.9 Å².